The number of hydrogen-bond donors (Lipinski definition) is 2. The molecular weight excluding hydrogens is 386 g/mol. The van der Waals surface area contributed by atoms with Gasteiger partial charge in [0.15, 0.2) is 0 Å². The maximum absolute atomic E-state index is 13.1. The van der Waals surface area contributed by atoms with Crippen LogP contribution >= 0.6 is 0 Å². The van der Waals surface area contributed by atoms with Crippen molar-refractivity contribution in [2.75, 3.05) is 24.3 Å². The summed E-state index contributed by atoms with van der Waals surface area (Å²) in [5, 5.41) is 5.96. The van der Waals surface area contributed by atoms with E-state index in [1.165, 1.54) is 5.56 Å². The molecule has 0 fully saturated rings. The smallest absolute Gasteiger partial charge is 0.255 e. The number of amides is 2. The first-order chi connectivity index (χ1) is 14.9. The zero-order chi connectivity index (χ0) is 22.4. The first-order valence-electron chi connectivity index (χ1n) is 10.5. The minimum Gasteiger partial charge on any atom is -0.377 e. The number of rotatable bonds is 7. The molecule has 1 atom stereocenters. The van der Waals surface area contributed by atoms with E-state index in [2.05, 4.69) is 17.6 Å². The minimum atomic E-state index is -0.204. The van der Waals surface area contributed by atoms with Gasteiger partial charge in [-0.15, -0.1) is 0 Å². The maximum atomic E-state index is 13.1. The number of hydrogen-bond acceptors (Lipinski definition) is 3. The van der Waals surface area contributed by atoms with Gasteiger partial charge in [0.25, 0.3) is 11.8 Å². The molecule has 2 N–H and O–H groups in total. The number of carbonyl (C=O) groups excluding carboxylic acids is 2. The van der Waals surface area contributed by atoms with Crippen molar-refractivity contribution < 1.29 is 9.59 Å². The Bertz CT molecular complexity index is 1040. The van der Waals surface area contributed by atoms with Gasteiger partial charge in [-0.1, -0.05) is 49.4 Å². The first-order valence-corrected chi connectivity index (χ1v) is 10.5. The molecule has 0 aromatic heterocycles. The van der Waals surface area contributed by atoms with Crippen molar-refractivity contribution in [3.05, 3.63) is 95.1 Å². The van der Waals surface area contributed by atoms with Gasteiger partial charge in [0.2, 0.25) is 0 Å². The average molecular weight is 416 g/mol. The zero-order valence-electron chi connectivity index (χ0n) is 18.5. The van der Waals surface area contributed by atoms with E-state index >= 15 is 0 Å². The highest BCUT2D eigenvalue weighted by molar-refractivity contribution is 6.06. The second kappa shape index (κ2) is 9.94. The topological polar surface area (TPSA) is 61.4 Å². The number of nitrogens with zero attached hydrogens (tertiary/aromatic N) is 1. The van der Waals surface area contributed by atoms with Crippen LogP contribution < -0.4 is 15.5 Å². The van der Waals surface area contributed by atoms with Crippen LogP contribution in [0.25, 0.3) is 0 Å². The van der Waals surface area contributed by atoms with E-state index in [0.29, 0.717) is 16.8 Å². The maximum Gasteiger partial charge on any atom is 0.255 e. The fourth-order valence-corrected chi connectivity index (χ4v) is 3.38. The molecule has 0 heterocycles. The summed E-state index contributed by atoms with van der Waals surface area (Å²) in [5.41, 5.74) is 4.65. The third kappa shape index (κ3) is 5.51. The van der Waals surface area contributed by atoms with Crippen molar-refractivity contribution in [1.29, 1.82) is 0 Å². The minimum absolute atomic E-state index is 0.140. The van der Waals surface area contributed by atoms with E-state index in [9.17, 15) is 9.59 Å². The molecule has 5 heteroatoms. The Labute approximate surface area is 184 Å². The summed E-state index contributed by atoms with van der Waals surface area (Å²) in [6.45, 7) is 4.03. The highest BCUT2D eigenvalue weighted by Crippen LogP contribution is 2.24. The van der Waals surface area contributed by atoms with Crippen molar-refractivity contribution in [3.8, 4) is 0 Å². The van der Waals surface area contributed by atoms with Crippen LogP contribution in [0.3, 0.4) is 0 Å². The Morgan fingerprint density at radius 3 is 2.19 bits per heavy atom. The molecule has 3 aromatic rings. The van der Waals surface area contributed by atoms with Gasteiger partial charge in [-0.3, -0.25) is 9.59 Å². The molecule has 0 saturated carbocycles. The van der Waals surface area contributed by atoms with Crippen LogP contribution in [-0.4, -0.2) is 25.9 Å². The lowest BCUT2D eigenvalue weighted by molar-refractivity contribution is 0.0939. The molecule has 0 aliphatic carbocycles. The molecule has 5 nitrogen and oxygen atoms in total. The molecule has 2 amide bonds. The van der Waals surface area contributed by atoms with Crippen LogP contribution in [0.1, 0.15) is 51.7 Å². The van der Waals surface area contributed by atoms with E-state index in [1.54, 1.807) is 6.07 Å². The monoisotopic (exact) mass is 415 g/mol. The molecule has 0 saturated heterocycles. The first kappa shape index (κ1) is 22.1. The highest BCUT2D eigenvalue weighted by atomic mass is 16.2. The second-order valence-corrected chi connectivity index (χ2v) is 7.74. The van der Waals surface area contributed by atoms with Crippen molar-refractivity contribution in [1.82, 2.24) is 5.32 Å². The van der Waals surface area contributed by atoms with Gasteiger partial charge in [-0.05, 0) is 54.8 Å². The number of benzene rings is 3. The molecule has 1 unspecified atom stereocenters. The van der Waals surface area contributed by atoms with Gasteiger partial charge < -0.3 is 15.5 Å². The second-order valence-electron chi connectivity index (χ2n) is 7.74. The van der Waals surface area contributed by atoms with Gasteiger partial charge >= 0.3 is 0 Å². The summed E-state index contributed by atoms with van der Waals surface area (Å²) in [6, 6.07) is 22.6. The van der Waals surface area contributed by atoms with Crippen LogP contribution in [0.2, 0.25) is 0 Å². The molecule has 0 bridgehead atoms. The Balaban J connectivity index is 1.81. The van der Waals surface area contributed by atoms with E-state index < -0.39 is 0 Å². The highest BCUT2D eigenvalue weighted by Gasteiger charge is 2.17. The van der Waals surface area contributed by atoms with Gasteiger partial charge in [-0.2, -0.15) is 0 Å². The number of anilines is 2. The normalized spacial score (nSPS) is 11.5. The molecule has 3 rings (SSSR count). The van der Waals surface area contributed by atoms with E-state index in [1.807, 2.05) is 92.6 Å². The van der Waals surface area contributed by atoms with Crippen LogP contribution in [-0.2, 0) is 6.42 Å². The molecule has 160 valence electrons. The zero-order valence-corrected chi connectivity index (χ0v) is 18.5. The Morgan fingerprint density at radius 2 is 1.58 bits per heavy atom. The summed E-state index contributed by atoms with van der Waals surface area (Å²) >= 11 is 0. The summed E-state index contributed by atoms with van der Waals surface area (Å²) in [4.78, 5) is 27.6. The van der Waals surface area contributed by atoms with E-state index in [-0.39, 0.29) is 17.9 Å². The van der Waals surface area contributed by atoms with Gasteiger partial charge in [0.1, 0.15) is 0 Å². The summed E-state index contributed by atoms with van der Waals surface area (Å²) in [7, 11) is 3.78. The molecule has 3 aromatic carbocycles. The summed E-state index contributed by atoms with van der Waals surface area (Å²) < 4.78 is 0. The summed E-state index contributed by atoms with van der Waals surface area (Å²) in [5.74, 6) is -0.396. The van der Waals surface area contributed by atoms with E-state index in [4.69, 9.17) is 0 Å². The SMILES string of the molecule is CCc1ccc(C(=O)Nc2ccc(N(C)C)c(C(=O)NC(C)c3ccccc3)c2)cc1. The van der Waals surface area contributed by atoms with Gasteiger partial charge in [0.05, 0.1) is 11.6 Å². The standard InChI is InChI=1S/C26H29N3O2/c1-5-19-11-13-21(14-12-19)25(30)28-22-15-16-24(29(3)4)23(17-22)26(31)27-18(2)20-9-7-6-8-10-20/h6-18H,5H2,1-4H3,(H,27,31)(H,28,30). The molecule has 0 aliphatic rings. The Hall–Kier alpha value is -3.60. The van der Waals surface area contributed by atoms with Crippen LogP contribution in [0.15, 0.2) is 72.8 Å². The predicted octanol–water partition coefficient (Wildman–Crippen LogP) is 5.06. The molecule has 0 radical (unpaired) electrons. The van der Waals surface area contributed by atoms with Crippen molar-refractivity contribution >= 4 is 23.2 Å². The molecule has 31 heavy (non-hydrogen) atoms. The van der Waals surface area contributed by atoms with E-state index in [0.717, 1.165) is 17.7 Å². The molecule has 0 aliphatic heterocycles. The van der Waals surface area contributed by atoms with Crippen molar-refractivity contribution in [2.24, 2.45) is 0 Å². The Morgan fingerprint density at radius 1 is 0.903 bits per heavy atom. The van der Waals surface area contributed by atoms with Crippen LogP contribution in [0.5, 0.6) is 0 Å². The third-order valence-electron chi connectivity index (χ3n) is 5.25. The Kier molecular flexibility index (Phi) is 7.08. The lowest BCUT2D eigenvalue weighted by Gasteiger charge is -2.20. The van der Waals surface area contributed by atoms with Crippen molar-refractivity contribution in [3.63, 3.8) is 0 Å². The summed E-state index contributed by atoms with van der Waals surface area (Å²) in [6.07, 6.45) is 0.924. The van der Waals surface area contributed by atoms with Crippen LogP contribution in [0, 0.1) is 0 Å². The predicted molar refractivity (Wildman–Crippen MR) is 127 cm³/mol. The quantitative estimate of drug-likeness (QED) is 0.567. The number of nitrogens with one attached hydrogen (secondary N) is 2. The molecular formula is C26H29N3O2. The van der Waals surface area contributed by atoms with Gasteiger partial charge in [0, 0.05) is 31.0 Å². The lowest BCUT2D eigenvalue weighted by Crippen LogP contribution is -2.28. The largest absolute Gasteiger partial charge is 0.377 e. The van der Waals surface area contributed by atoms with Crippen LogP contribution in [0.4, 0.5) is 11.4 Å². The third-order valence-corrected chi connectivity index (χ3v) is 5.25. The number of carbonyl (C=O) groups is 2. The number of aryl methyl sites for hydroxylation is 1. The fourth-order valence-electron chi connectivity index (χ4n) is 3.38. The molecule has 0 spiro atoms. The fraction of sp³-hybridized carbons (Fsp3) is 0.231. The van der Waals surface area contributed by atoms with Gasteiger partial charge in [-0.25, -0.2) is 0 Å². The van der Waals surface area contributed by atoms with Crippen molar-refractivity contribution in [2.45, 2.75) is 26.3 Å². The average Bonchev–Trinajstić information content (AvgIpc) is 2.79. The lowest BCUT2D eigenvalue weighted by atomic mass is 10.1.